The minimum absolute atomic E-state index is 0.459. The second kappa shape index (κ2) is 5.94. The molecule has 0 aliphatic rings. The van der Waals surface area contributed by atoms with E-state index in [0.29, 0.717) is 6.54 Å². The van der Waals surface area contributed by atoms with E-state index in [1.54, 1.807) is 0 Å². The largest absolute Gasteiger partial charge is 0.325 e. The van der Waals surface area contributed by atoms with Crippen LogP contribution in [0.5, 0.6) is 0 Å². The van der Waals surface area contributed by atoms with E-state index < -0.39 is 0 Å². The molecule has 0 fully saturated rings. The van der Waals surface area contributed by atoms with Gasteiger partial charge in [0.1, 0.15) is 0 Å². The number of para-hydroxylation sites is 1. The van der Waals surface area contributed by atoms with Gasteiger partial charge in [0.2, 0.25) is 0 Å². The van der Waals surface area contributed by atoms with Crippen molar-refractivity contribution in [3.63, 3.8) is 0 Å². The van der Waals surface area contributed by atoms with Crippen LogP contribution in [0.2, 0.25) is 0 Å². The zero-order valence-corrected chi connectivity index (χ0v) is 12.2. The monoisotopic (exact) mass is 277 g/mol. The molecule has 106 valence electrons. The number of benzene rings is 2. The van der Waals surface area contributed by atoms with Crippen molar-refractivity contribution < 1.29 is 0 Å². The van der Waals surface area contributed by atoms with Crippen LogP contribution in [0.4, 0.5) is 0 Å². The Kier molecular flexibility index (Phi) is 3.84. The third-order valence-corrected chi connectivity index (χ3v) is 3.55. The molecule has 3 rings (SSSR count). The van der Waals surface area contributed by atoms with Crippen LogP contribution in [0.25, 0.3) is 5.69 Å². The van der Waals surface area contributed by atoms with E-state index in [0.717, 1.165) is 23.5 Å². The summed E-state index contributed by atoms with van der Waals surface area (Å²) in [6.45, 7) is 2.56. The Balaban J connectivity index is 1.97. The predicted octanol–water partition coefficient (Wildman–Crippen LogP) is 3.23. The lowest BCUT2D eigenvalue weighted by Gasteiger charge is -2.07. The predicted molar refractivity (Wildman–Crippen MR) is 85.4 cm³/mol. The van der Waals surface area contributed by atoms with Gasteiger partial charge in [-0.05, 0) is 30.7 Å². The summed E-state index contributed by atoms with van der Waals surface area (Å²) in [6.07, 6.45) is 0.849. The van der Waals surface area contributed by atoms with Crippen molar-refractivity contribution in [1.29, 1.82) is 0 Å². The molecule has 3 aromatic rings. The molecular formula is C18H19N3. The van der Waals surface area contributed by atoms with Gasteiger partial charge in [0.05, 0.1) is 11.4 Å². The van der Waals surface area contributed by atoms with Crippen molar-refractivity contribution in [1.82, 2.24) is 9.78 Å². The minimum atomic E-state index is 0.459. The Hall–Kier alpha value is -2.39. The second-order valence-electron chi connectivity index (χ2n) is 5.24. The molecule has 1 heterocycles. The zero-order valence-electron chi connectivity index (χ0n) is 12.2. The van der Waals surface area contributed by atoms with E-state index in [9.17, 15) is 0 Å². The van der Waals surface area contributed by atoms with Crippen molar-refractivity contribution in [2.75, 3.05) is 0 Å². The molecule has 0 spiro atoms. The molecule has 0 radical (unpaired) electrons. The highest BCUT2D eigenvalue weighted by Gasteiger charge is 2.09. The molecule has 2 N–H and O–H groups in total. The van der Waals surface area contributed by atoms with Crippen LogP contribution in [0, 0.1) is 6.92 Å². The van der Waals surface area contributed by atoms with E-state index in [2.05, 4.69) is 54.5 Å². The highest BCUT2D eigenvalue weighted by atomic mass is 15.3. The molecule has 0 saturated heterocycles. The molecule has 1 aromatic heterocycles. The molecule has 2 aromatic carbocycles. The summed E-state index contributed by atoms with van der Waals surface area (Å²) in [4.78, 5) is 0. The summed E-state index contributed by atoms with van der Waals surface area (Å²) in [7, 11) is 0. The van der Waals surface area contributed by atoms with Crippen LogP contribution in [0.3, 0.4) is 0 Å². The van der Waals surface area contributed by atoms with Gasteiger partial charge >= 0.3 is 0 Å². The maximum Gasteiger partial charge on any atom is 0.0767 e. The number of nitrogens with two attached hydrogens (primary N) is 1. The molecule has 0 saturated carbocycles. The highest BCUT2D eigenvalue weighted by molar-refractivity contribution is 5.35. The van der Waals surface area contributed by atoms with Gasteiger partial charge in [-0.15, -0.1) is 0 Å². The number of aromatic nitrogens is 2. The van der Waals surface area contributed by atoms with Crippen molar-refractivity contribution in [2.45, 2.75) is 19.9 Å². The molecule has 0 aliphatic heterocycles. The summed E-state index contributed by atoms with van der Waals surface area (Å²) in [5, 5.41) is 4.60. The van der Waals surface area contributed by atoms with Gasteiger partial charge in [0, 0.05) is 18.7 Å². The third-order valence-electron chi connectivity index (χ3n) is 3.55. The molecular weight excluding hydrogens is 258 g/mol. The van der Waals surface area contributed by atoms with Crippen molar-refractivity contribution in [3.05, 3.63) is 83.2 Å². The summed E-state index contributed by atoms with van der Waals surface area (Å²) in [5.74, 6) is 0. The van der Waals surface area contributed by atoms with Crippen molar-refractivity contribution in [3.8, 4) is 5.69 Å². The smallest absolute Gasteiger partial charge is 0.0767 e. The lowest BCUT2D eigenvalue weighted by atomic mass is 10.1. The lowest BCUT2D eigenvalue weighted by Crippen LogP contribution is -2.04. The quantitative estimate of drug-likeness (QED) is 0.795. The van der Waals surface area contributed by atoms with Crippen molar-refractivity contribution >= 4 is 0 Å². The average molecular weight is 277 g/mol. The third kappa shape index (κ3) is 3.03. The van der Waals surface area contributed by atoms with Gasteiger partial charge in [-0.3, -0.25) is 0 Å². The normalized spacial score (nSPS) is 10.8. The van der Waals surface area contributed by atoms with Crippen LogP contribution < -0.4 is 5.73 Å². The maximum absolute atomic E-state index is 5.75. The lowest BCUT2D eigenvalue weighted by molar-refractivity contribution is 0.797. The van der Waals surface area contributed by atoms with Crippen LogP contribution in [0.15, 0.2) is 60.7 Å². The first-order valence-electron chi connectivity index (χ1n) is 7.15. The summed E-state index contributed by atoms with van der Waals surface area (Å²) in [6, 6.07) is 20.9. The SMILES string of the molecule is Cc1ccc(Cc2cc(CN)nn2-c2ccccc2)cc1. The maximum atomic E-state index is 5.75. The zero-order chi connectivity index (χ0) is 14.7. The number of nitrogens with zero attached hydrogens (tertiary/aromatic N) is 2. The molecule has 0 unspecified atom stereocenters. The fourth-order valence-electron chi connectivity index (χ4n) is 2.41. The first kappa shape index (κ1) is 13.6. The van der Waals surface area contributed by atoms with Gasteiger partial charge in [-0.2, -0.15) is 5.10 Å². The first-order chi connectivity index (χ1) is 10.3. The summed E-state index contributed by atoms with van der Waals surface area (Å²) >= 11 is 0. The molecule has 3 heteroatoms. The first-order valence-corrected chi connectivity index (χ1v) is 7.15. The Morgan fingerprint density at radius 2 is 1.71 bits per heavy atom. The molecule has 0 atom stereocenters. The molecule has 0 bridgehead atoms. The van der Waals surface area contributed by atoms with E-state index in [-0.39, 0.29) is 0 Å². The highest BCUT2D eigenvalue weighted by Crippen LogP contribution is 2.16. The van der Waals surface area contributed by atoms with E-state index in [1.807, 2.05) is 22.9 Å². The Morgan fingerprint density at radius 3 is 2.38 bits per heavy atom. The van der Waals surface area contributed by atoms with Crippen LogP contribution in [0.1, 0.15) is 22.5 Å². The molecule has 0 amide bonds. The standard InChI is InChI=1S/C18H19N3/c1-14-7-9-15(10-8-14)11-18-12-16(13-19)20-21(18)17-5-3-2-4-6-17/h2-10,12H,11,13,19H2,1H3. The van der Waals surface area contributed by atoms with E-state index >= 15 is 0 Å². The second-order valence-corrected chi connectivity index (χ2v) is 5.24. The Labute approximate surface area is 125 Å². The van der Waals surface area contributed by atoms with Gasteiger partial charge in [0.25, 0.3) is 0 Å². The van der Waals surface area contributed by atoms with Gasteiger partial charge in [-0.25, -0.2) is 4.68 Å². The van der Waals surface area contributed by atoms with Crippen LogP contribution in [-0.2, 0) is 13.0 Å². The minimum Gasteiger partial charge on any atom is -0.325 e. The van der Waals surface area contributed by atoms with Gasteiger partial charge in [-0.1, -0.05) is 48.0 Å². The fraction of sp³-hybridized carbons (Fsp3) is 0.167. The Morgan fingerprint density at radius 1 is 1.00 bits per heavy atom. The van der Waals surface area contributed by atoms with Crippen LogP contribution >= 0.6 is 0 Å². The number of hydrogen-bond donors (Lipinski definition) is 1. The molecule has 0 aliphatic carbocycles. The average Bonchev–Trinajstić information content (AvgIpc) is 2.93. The number of hydrogen-bond acceptors (Lipinski definition) is 2. The van der Waals surface area contributed by atoms with Crippen LogP contribution in [-0.4, -0.2) is 9.78 Å². The number of aryl methyl sites for hydroxylation is 1. The fourth-order valence-corrected chi connectivity index (χ4v) is 2.41. The summed E-state index contributed by atoms with van der Waals surface area (Å²) < 4.78 is 1.99. The van der Waals surface area contributed by atoms with E-state index in [4.69, 9.17) is 5.73 Å². The van der Waals surface area contributed by atoms with Gasteiger partial charge in [0.15, 0.2) is 0 Å². The molecule has 21 heavy (non-hydrogen) atoms. The summed E-state index contributed by atoms with van der Waals surface area (Å²) in [5.41, 5.74) is 11.4. The molecule has 3 nitrogen and oxygen atoms in total. The number of rotatable bonds is 4. The van der Waals surface area contributed by atoms with Gasteiger partial charge < -0.3 is 5.73 Å². The van der Waals surface area contributed by atoms with E-state index in [1.165, 1.54) is 11.1 Å². The topological polar surface area (TPSA) is 43.8 Å². The Bertz CT molecular complexity index is 712. The van der Waals surface area contributed by atoms with Crippen molar-refractivity contribution in [2.24, 2.45) is 5.73 Å².